The summed E-state index contributed by atoms with van der Waals surface area (Å²) in [6.07, 6.45) is 3.05. The van der Waals surface area contributed by atoms with Crippen LogP contribution in [0.25, 0.3) is 0 Å². The molecule has 0 fully saturated rings. The average molecular weight is 267 g/mol. The summed E-state index contributed by atoms with van der Waals surface area (Å²) in [7, 11) is 1.98. The minimum atomic E-state index is 0.863. The third-order valence-corrected chi connectivity index (χ3v) is 3.91. The maximum Gasteiger partial charge on any atom is 0.0577 e. The van der Waals surface area contributed by atoms with Crippen molar-refractivity contribution < 1.29 is 0 Å². The monoisotopic (exact) mass is 267 g/mol. The van der Waals surface area contributed by atoms with Crippen LogP contribution in [-0.4, -0.2) is 23.5 Å². The van der Waals surface area contributed by atoms with Crippen molar-refractivity contribution in [1.29, 1.82) is 0 Å². The van der Waals surface area contributed by atoms with Gasteiger partial charge in [-0.15, -0.1) is 0 Å². The number of nitrogens with one attached hydrogen (secondary N) is 1. The van der Waals surface area contributed by atoms with Crippen molar-refractivity contribution in [2.24, 2.45) is 0 Å². The Morgan fingerprint density at radius 1 is 1.20 bits per heavy atom. The van der Waals surface area contributed by atoms with Crippen LogP contribution in [0.3, 0.4) is 0 Å². The van der Waals surface area contributed by atoms with E-state index in [4.69, 9.17) is 0 Å². The lowest BCUT2D eigenvalue weighted by Crippen LogP contribution is -2.31. The van der Waals surface area contributed by atoms with Gasteiger partial charge in [0, 0.05) is 32.4 Å². The molecule has 0 radical (unpaired) electrons. The highest BCUT2D eigenvalue weighted by molar-refractivity contribution is 5.32. The Morgan fingerprint density at radius 2 is 2.05 bits per heavy atom. The van der Waals surface area contributed by atoms with Crippen molar-refractivity contribution in [1.82, 2.24) is 15.2 Å². The largest absolute Gasteiger partial charge is 0.314 e. The zero-order chi connectivity index (χ0) is 13.8. The quantitative estimate of drug-likeness (QED) is 0.921. The van der Waals surface area contributed by atoms with Crippen LogP contribution in [0.2, 0.25) is 0 Å². The molecule has 1 aliphatic heterocycles. The van der Waals surface area contributed by atoms with Gasteiger partial charge in [-0.1, -0.05) is 30.3 Å². The first kappa shape index (κ1) is 13.3. The Balaban J connectivity index is 1.74. The molecular weight excluding hydrogens is 246 g/mol. The molecule has 1 aromatic heterocycles. The molecule has 20 heavy (non-hydrogen) atoms. The van der Waals surface area contributed by atoms with Crippen LogP contribution in [-0.2, 0) is 26.1 Å². The summed E-state index contributed by atoms with van der Waals surface area (Å²) in [5.74, 6) is 0. The molecule has 1 aliphatic rings. The smallest absolute Gasteiger partial charge is 0.0577 e. The minimum absolute atomic E-state index is 0.863. The van der Waals surface area contributed by atoms with Crippen molar-refractivity contribution in [2.75, 3.05) is 13.6 Å². The van der Waals surface area contributed by atoms with E-state index in [1.54, 1.807) is 0 Å². The summed E-state index contributed by atoms with van der Waals surface area (Å²) in [6.45, 7) is 4.04. The van der Waals surface area contributed by atoms with Crippen LogP contribution in [0.1, 0.15) is 22.4 Å². The van der Waals surface area contributed by atoms with E-state index >= 15 is 0 Å². The second-order valence-electron chi connectivity index (χ2n) is 5.37. The number of rotatable bonds is 4. The van der Waals surface area contributed by atoms with Gasteiger partial charge in [-0.25, -0.2) is 0 Å². The predicted octanol–water partition coefficient (Wildman–Crippen LogP) is 2.36. The highest BCUT2D eigenvalue weighted by Crippen LogP contribution is 2.22. The van der Waals surface area contributed by atoms with Crippen molar-refractivity contribution in [3.63, 3.8) is 0 Å². The fourth-order valence-electron chi connectivity index (χ4n) is 2.92. The normalized spacial score (nSPS) is 15.1. The lowest BCUT2D eigenvalue weighted by Gasteiger charge is -2.29. The molecule has 0 saturated heterocycles. The number of benzene rings is 1. The van der Waals surface area contributed by atoms with Crippen LogP contribution in [0.5, 0.6) is 0 Å². The van der Waals surface area contributed by atoms with Gasteiger partial charge in [-0.2, -0.15) is 0 Å². The van der Waals surface area contributed by atoms with Crippen molar-refractivity contribution >= 4 is 0 Å². The summed E-state index contributed by atoms with van der Waals surface area (Å²) in [4.78, 5) is 7.02. The van der Waals surface area contributed by atoms with Crippen LogP contribution in [0, 0.1) is 0 Å². The molecule has 0 atom stereocenters. The average Bonchev–Trinajstić information content (AvgIpc) is 2.49. The molecule has 2 heterocycles. The maximum atomic E-state index is 4.51. The third-order valence-electron chi connectivity index (χ3n) is 3.91. The summed E-state index contributed by atoms with van der Waals surface area (Å²) < 4.78 is 0. The molecular formula is C17H21N3. The number of hydrogen-bond acceptors (Lipinski definition) is 3. The third kappa shape index (κ3) is 2.89. The predicted molar refractivity (Wildman–Crippen MR) is 81.3 cm³/mol. The SMILES string of the molecule is CNCc1nccc2c1CCN(Cc1ccccc1)C2. The van der Waals surface area contributed by atoms with Gasteiger partial charge >= 0.3 is 0 Å². The molecule has 1 aromatic carbocycles. The standard InChI is InChI=1S/C17H21N3/c1-18-11-17-16-8-10-20(13-15(16)7-9-19-17)12-14-5-3-2-4-6-14/h2-7,9,18H,8,10-13H2,1H3. The second-order valence-corrected chi connectivity index (χ2v) is 5.37. The first-order chi connectivity index (χ1) is 9.86. The summed E-state index contributed by atoms with van der Waals surface area (Å²) in [6, 6.07) is 12.9. The Hall–Kier alpha value is -1.71. The number of aromatic nitrogens is 1. The van der Waals surface area contributed by atoms with Gasteiger partial charge in [0.25, 0.3) is 0 Å². The second kappa shape index (κ2) is 6.16. The lowest BCUT2D eigenvalue weighted by atomic mass is 9.98. The molecule has 3 rings (SSSR count). The van der Waals surface area contributed by atoms with Gasteiger partial charge in [-0.3, -0.25) is 9.88 Å². The van der Waals surface area contributed by atoms with Gasteiger partial charge in [0.1, 0.15) is 0 Å². The molecule has 0 unspecified atom stereocenters. The Kier molecular flexibility index (Phi) is 4.09. The zero-order valence-electron chi connectivity index (χ0n) is 12.0. The van der Waals surface area contributed by atoms with Gasteiger partial charge in [0.15, 0.2) is 0 Å². The number of pyridine rings is 1. The summed E-state index contributed by atoms with van der Waals surface area (Å²) in [5, 5.41) is 3.21. The summed E-state index contributed by atoms with van der Waals surface area (Å²) >= 11 is 0. The van der Waals surface area contributed by atoms with E-state index in [-0.39, 0.29) is 0 Å². The minimum Gasteiger partial charge on any atom is -0.314 e. The van der Waals surface area contributed by atoms with E-state index in [0.717, 1.165) is 32.6 Å². The van der Waals surface area contributed by atoms with Gasteiger partial charge in [0.2, 0.25) is 0 Å². The lowest BCUT2D eigenvalue weighted by molar-refractivity contribution is 0.244. The molecule has 0 bridgehead atoms. The molecule has 3 heteroatoms. The van der Waals surface area contributed by atoms with Gasteiger partial charge in [-0.05, 0) is 36.2 Å². The molecule has 104 valence electrons. The highest BCUT2D eigenvalue weighted by atomic mass is 15.1. The molecule has 0 spiro atoms. The fourth-order valence-corrected chi connectivity index (χ4v) is 2.92. The molecule has 0 saturated carbocycles. The van der Waals surface area contributed by atoms with Crippen molar-refractivity contribution in [3.05, 3.63) is 65.0 Å². The Bertz CT molecular complexity index is 566. The molecule has 1 N–H and O–H groups in total. The number of fused-ring (bicyclic) bond motifs is 1. The Morgan fingerprint density at radius 3 is 2.85 bits per heavy atom. The fraction of sp³-hybridized carbons (Fsp3) is 0.353. The molecule has 0 aliphatic carbocycles. The zero-order valence-corrected chi connectivity index (χ0v) is 12.0. The van der Waals surface area contributed by atoms with Crippen LogP contribution >= 0.6 is 0 Å². The van der Waals surface area contributed by atoms with E-state index in [1.165, 1.54) is 22.4 Å². The van der Waals surface area contributed by atoms with Crippen LogP contribution in [0.15, 0.2) is 42.6 Å². The first-order valence-corrected chi connectivity index (χ1v) is 7.23. The van der Waals surface area contributed by atoms with Gasteiger partial charge < -0.3 is 5.32 Å². The van der Waals surface area contributed by atoms with E-state index in [9.17, 15) is 0 Å². The van der Waals surface area contributed by atoms with E-state index in [2.05, 4.69) is 51.6 Å². The van der Waals surface area contributed by atoms with Crippen molar-refractivity contribution in [3.8, 4) is 0 Å². The van der Waals surface area contributed by atoms with Crippen LogP contribution < -0.4 is 5.32 Å². The van der Waals surface area contributed by atoms with Gasteiger partial charge in [0.05, 0.1) is 5.69 Å². The molecule has 2 aromatic rings. The Labute approximate surface area is 120 Å². The summed E-state index contributed by atoms with van der Waals surface area (Å²) in [5.41, 5.74) is 5.49. The van der Waals surface area contributed by atoms with E-state index in [0.29, 0.717) is 0 Å². The molecule has 3 nitrogen and oxygen atoms in total. The van der Waals surface area contributed by atoms with Crippen molar-refractivity contribution in [2.45, 2.75) is 26.1 Å². The van der Waals surface area contributed by atoms with E-state index in [1.807, 2.05) is 13.2 Å². The highest BCUT2D eigenvalue weighted by Gasteiger charge is 2.19. The maximum absolute atomic E-state index is 4.51. The molecule has 0 amide bonds. The van der Waals surface area contributed by atoms with E-state index < -0.39 is 0 Å². The number of hydrogen-bond donors (Lipinski definition) is 1. The number of nitrogens with zero attached hydrogens (tertiary/aromatic N) is 2. The first-order valence-electron chi connectivity index (χ1n) is 7.23. The van der Waals surface area contributed by atoms with Crippen LogP contribution in [0.4, 0.5) is 0 Å². The topological polar surface area (TPSA) is 28.2 Å².